The van der Waals surface area contributed by atoms with Crippen LogP contribution in [0.5, 0.6) is 0 Å². The van der Waals surface area contributed by atoms with Crippen LogP contribution in [0.3, 0.4) is 0 Å². The number of nitrogens with two attached hydrogens (primary N) is 1. The van der Waals surface area contributed by atoms with E-state index in [2.05, 4.69) is 5.32 Å². The lowest BCUT2D eigenvalue weighted by Crippen LogP contribution is -2.22. The molecule has 1 aromatic rings. The minimum atomic E-state index is -0.857. The smallest absolute Gasteiger partial charge is 0.311 e. The minimum Gasteiger partial charge on any atom is -0.481 e. The molecular formula is C12H17N3O2. The highest BCUT2D eigenvalue weighted by atomic mass is 16.4. The molecule has 0 aromatic heterocycles. The molecule has 0 heterocycles. The standard InChI is InChI=1S/C12H17N3O2/c1-2-5-9(11(16)17)8-6-3-4-7-10(8)15-12(13)14/h3-4,6-7,9H,2,5H2,1H3,(H,16,17)(H4,13,14,15). The van der Waals surface area contributed by atoms with Gasteiger partial charge in [-0.25, -0.2) is 0 Å². The zero-order valence-electron chi connectivity index (χ0n) is 9.73. The molecule has 1 rings (SSSR count). The van der Waals surface area contributed by atoms with E-state index in [4.69, 9.17) is 11.1 Å². The van der Waals surface area contributed by atoms with Gasteiger partial charge in [-0.3, -0.25) is 10.2 Å². The van der Waals surface area contributed by atoms with Gasteiger partial charge in [0.25, 0.3) is 0 Å². The van der Waals surface area contributed by atoms with Crippen molar-refractivity contribution in [1.82, 2.24) is 0 Å². The van der Waals surface area contributed by atoms with Crippen LogP contribution in [0, 0.1) is 5.41 Å². The van der Waals surface area contributed by atoms with Gasteiger partial charge in [0.1, 0.15) is 0 Å². The van der Waals surface area contributed by atoms with E-state index in [-0.39, 0.29) is 5.96 Å². The molecular weight excluding hydrogens is 218 g/mol. The SMILES string of the molecule is CCCC(C(=O)O)c1ccccc1NC(=N)N. The lowest BCUT2D eigenvalue weighted by Gasteiger charge is -2.16. The van der Waals surface area contributed by atoms with Crippen LogP contribution in [-0.2, 0) is 4.79 Å². The third-order valence-electron chi connectivity index (χ3n) is 2.48. The summed E-state index contributed by atoms with van der Waals surface area (Å²) in [6.45, 7) is 1.94. The van der Waals surface area contributed by atoms with Crippen molar-refractivity contribution in [3.8, 4) is 0 Å². The molecule has 0 bridgehead atoms. The number of anilines is 1. The van der Waals surface area contributed by atoms with Crippen molar-refractivity contribution >= 4 is 17.6 Å². The second-order valence-corrected chi connectivity index (χ2v) is 3.81. The highest BCUT2D eigenvalue weighted by molar-refractivity contribution is 5.92. The van der Waals surface area contributed by atoms with E-state index < -0.39 is 11.9 Å². The van der Waals surface area contributed by atoms with Gasteiger partial charge in [0.15, 0.2) is 5.96 Å². The highest BCUT2D eigenvalue weighted by Gasteiger charge is 2.21. The summed E-state index contributed by atoms with van der Waals surface area (Å²) in [4.78, 5) is 11.2. The summed E-state index contributed by atoms with van der Waals surface area (Å²) in [7, 11) is 0. The molecule has 1 atom stereocenters. The fourth-order valence-electron chi connectivity index (χ4n) is 1.76. The molecule has 0 amide bonds. The van der Waals surface area contributed by atoms with E-state index >= 15 is 0 Å². The van der Waals surface area contributed by atoms with Crippen LogP contribution in [0.25, 0.3) is 0 Å². The molecule has 0 aliphatic rings. The Morgan fingerprint density at radius 2 is 2.18 bits per heavy atom. The van der Waals surface area contributed by atoms with Crippen molar-refractivity contribution in [2.45, 2.75) is 25.7 Å². The first-order valence-corrected chi connectivity index (χ1v) is 5.49. The van der Waals surface area contributed by atoms with Gasteiger partial charge in [-0.1, -0.05) is 31.5 Å². The van der Waals surface area contributed by atoms with E-state index in [0.29, 0.717) is 17.7 Å². The molecule has 0 spiro atoms. The number of para-hydroxylation sites is 1. The summed E-state index contributed by atoms with van der Waals surface area (Å²) in [5.41, 5.74) is 6.52. The summed E-state index contributed by atoms with van der Waals surface area (Å²) in [6.07, 6.45) is 1.34. The first-order valence-electron chi connectivity index (χ1n) is 5.49. The number of carboxylic acids is 1. The van der Waals surface area contributed by atoms with Crippen molar-refractivity contribution in [2.24, 2.45) is 5.73 Å². The van der Waals surface area contributed by atoms with Crippen molar-refractivity contribution in [3.63, 3.8) is 0 Å². The van der Waals surface area contributed by atoms with Crippen LogP contribution in [0.4, 0.5) is 5.69 Å². The number of benzene rings is 1. The fourth-order valence-corrected chi connectivity index (χ4v) is 1.76. The molecule has 0 radical (unpaired) electrons. The van der Waals surface area contributed by atoms with Gasteiger partial charge in [0.2, 0.25) is 0 Å². The number of hydrogen-bond acceptors (Lipinski definition) is 2. The van der Waals surface area contributed by atoms with Gasteiger partial charge in [-0.2, -0.15) is 0 Å². The normalized spacial score (nSPS) is 11.8. The molecule has 0 aliphatic carbocycles. The van der Waals surface area contributed by atoms with Crippen molar-refractivity contribution in [2.75, 3.05) is 5.32 Å². The topological polar surface area (TPSA) is 99.2 Å². The maximum atomic E-state index is 11.2. The van der Waals surface area contributed by atoms with E-state index in [1.807, 2.05) is 6.92 Å². The molecule has 1 aromatic carbocycles. The summed E-state index contributed by atoms with van der Waals surface area (Å²) in [6, 6.07) is 7.04. The summed E-state index contributed by atoms with van der Waals surface area (Å²) in [5, 5.41) is 19.1. The van der Waals surface area contributed by atoms with Crippen LogP contribution in [0.15, 0.2) is 24.3 Å². The van der Waals surface area contributed by atoms with E-state index in [9.17, 15) is 9.90 Å². The first-order chi connectivity index (χ1) is 8.06. The van der Waals surface area contributed by atoms with Crippen LogP contribution in [0.2, 0.25) is 0 Å². The Kier molecular flexibility index (Phi) is 4.51. The molecule has 0 fully saturated rings. The number of guanidine groups is 1. The Hall–Kier alpha value is -2.04. The molecule has 0 aliphatic heterocycles. The number of rotatable bonds is 5. The van der Waals surface area contributed by atoms with Gasteiger partial charge in [-0.05, 0) is 18.1 Å². The molecule has 5 heteroatoms. The number of hydrogen-bond donors (Lipinski definition) is 4. The van der Waals surface area contributed by atoms with Gasteiger partial charge >= 0.3 is 5.97 Å². The van der Waals surface area contributed by atoms with Gasteiger partial charge in [0, 0.05) is 5.69 Å². The fraction of sp³-hybridized carbons (Fsp3) is 0.333. The average molecular weight is 235 g/mol. The molecule has 17 heavy (non-hydrogen) atoms. The number of carboxylic acid groups (broad SMARTS) is 1. The number of aliphatic carboxylic acids is 1. The maximum absolute atomic E-state index is 11.2. The van der Waals surface area contributed by atoms with Crippen molar-refractivity contribution in [1.29, 1.82) is 5.41 Å². The second kappa shape index (κ2) is 5.89. The largest absolute Gasteiger partial charge is 0.481 e. The number of carbonyl (C=O) groups is 1. The third kappa shape index (κ3) is 3.48. The number of nitrogens with one attached hydrogen (secondary N) is 2. The molecule has 0 saturated carbocycles. The molecule has 0 saturated heterocycles. The molecule has 1 unspecified atom stereocenters. The third-order valence-corrected chi connectivity index (χ3v) is 2.48. The monoisotopic (exact) mass is 235 g/mol. The zero-order valence-corrected chi connectivity index (χ0v) is 9.73. The molecule has 5 N–H and O–H groups in total. The lowest BCUT2D eigenvalue weighted by molar-refractivity contribution is -0.139. The Morgan fingerprint density at radius 3 is 2.71 bits per heavy atom. The van der Waals surface area contributed by atoms with E-state index in [1.165, 1.54) is 0 Å². The summed E-state index contributed by atoms with van der Waals surface area (Å²) < 4.78 is 0. The molecule has 92 valence electrons. The Morgan fingerprint density at radius 1 is 1.53 bits per heavy atom. The van der Waals surface area contributed by atoms with Gasteiger partial charge in [0.05, 0.1) is 5.92 Å². The minimum absolute atomic E-state index is 0.196. The van der Waals surface area contributed by atoms with Crippen LogP contribution in [0.1, 0.15) is 31.2 Å². The zero-order chi connectivity index (χ0) is 12.8. The highest BCUT2D eigenvalue weighted by Crippen LogP contribution is 2.28. The quantitative estimate of drug-likeness (QED) is 0.463. The Balaban J connectivity index is 3.08. The summed E-state index contributed by atoms with van der Waals surface area (Å²) in [5.74, 6) is -1.62. The second-order valence-electron chi connectivity index (χ2n) is 3.81. The Labute approximate surface area is 100 Å². The van der Waals surface area contributed by atoms with Gasteiger partial charge < -0.3 is 16.2 Å². The van der Waals surface area contributed by atoms with Crippen molar-refractivity contribution in [3.05, 3.63) is 29.8 Å². The average Bonchev–Trinajstić information content (AvgIpc) is 2.26. The summed E-state index contributed by atoms with van der Waals surface area (Å²) >= 11 is 0. The predicted molar refractivity (Wildman–Crippen MR) is 67.3 cm³/mol. The lowest BCUT2D eigenvalue weighted by atomic mass is 9.93. The van der Waals surface area contributed by atoms with Gasteiger partial charge in [-0.15, -0.1) is 0 Å². The van der Waals surface area contributed by atoms with E-state index in [1.54, 1.807) is 24.3 Å². The predicted octanol–water partition coefficient (Wildman–Crippen LogP) is 1.96. The van der Waals surface area contributed by atoms with Crippen LogP contribution >= 0.6 is 0 Å². The Bertz CT molecular complexity index is 418. The first kappa shape index (κ1) is 13.0. The maximum Gasteiger partial charge on any atom is 0.311 e. The van der Waals surface area contributed by atoms with E-state index in [0.717, 1.165) is 6.42 Å². The van der Waals surface area contributed by atoms with Crippen LogP contribution < -0.4 is 11.1 Å². The van der Waals surface area contributed by atoms with Crippen LogP contribution in [-0.4, -0.2) is 17.0 Å². The molecule has 5 nitrogen and oxygen atoms in total. The van der Waals surface area contributed by atoms with Crippen molar-refractivity contribution < 1.29 is 9.90 Å².